The molecule has 1 N–H and O–H groups in total. The molecule has 1 unspecified atom stereocenters. The molecular weight excluding hydrogens is 471 g/mol. The van der Waals surface area contributed by atoms with Crippen molar-refractivity contribution < 1.29 is 18.0 Å². The summed E-state index contributed by atoms with van der Waals surface area (Å²) >= 11 is 17.9. The summed E-state index contributed by atoms with van der Waals surface area (Å²) in [4.78, 5) is 27.4. The highest BCUT2D eigenvalue weighted by atomic mass is 35.5. The Morgan fingerprint density at radius 3 is 2.37 bits per heavy atom. The molecule has 0 aliphatic carbocycles. The molecule has 10 heteroatoms. The highest BCUT2D eigenvalue weighted by molar-refractivity contribution is 7.90. The maximum atomic E-state index is 13.1. The molecule has 160 valence electrons. The van der Waals surface area contributed by atoms with Gasteiger partial charge in [-0.1, -0.05) is 34.8 Å². The van der Waals surface area contributed by atoms with Crippen molar-refractivity contribution in [1.29, 1.82) is 0 Å². The Kier molecular flexibility index (Phi) is 6.97. The summed E-state index contributed by atoms with van der Waals surface area (Å²) in [6, 6.07) is 8.12. The number of carbonyl (C=O) groups is 2. The van der Waals surface area contributed by atoms with Crippen molar-refractivity contribution in [2.24, 2.45) is 0 Å². The lowest BCUT2D eigenvalue weighted by Crippen LogP contribution is -2.50. The molecule has 0 radical (unpaired) electrons. The van der Waals surface area contributed by atoms with Gasteiger partial charge in [-0.3, -0.25) is 9.59 Å². The number of hydrogen-bond acceptors (Lipinski definition) is 4. The Morgan fingerprint density at radius 1 is 1.00 bits per heavy atom. The van der Waals surface area contributed by atoms with Crippen molar-refractivity contribution in [3.05, 3.63) is 57.0 Å². The van der Waals surface area contributed by atoms with Gasteiger partial charge >= 0.3 is 0 Å². The number of hydrogen-bond donors (Lipinski definition) is 1. The molecule has 1 fully saturated rings. The zero-order valence-electron chi connectivity index (χ0n) is 16.0. The second-order valence-corrected chi connectivity index (χ2v) is 10.3. The molecule has 0 bridgehead atoms. The third kappa shape index (κ3) is 5.09. The smallest absolute Gasteiger partial charge is 0.254 e. The van der Waals surface area contributed by atoms with Crippen molar-refractivity contribution in [2.45, 2.75) is 30.2 Å². The van der Waals surface area contributed by atoms with Gasteiger partial charge in [0.15, 0.2) is 9.84 Å². The summed E-state index contributed by atoms with van der Waals surface area (Å²) in [5.74, 6) is -0.774. The van der Waals surface area contributed by atoms with Crippen LogP contribution in [0.3, 0.4) is 0 Å². The van der Waals surface area contributed by atoms with Gasteiger partial charge in [0.1, 0.15) is 6.04 Å². The summed E-state index contributed by atoms with van der Waals surface area (Å²) in [6.07, 6.45) is 3.05. The first-order valence-electron chi connectivity index (χ1n) is 9.14. The lowest BCUT2D eigenvalue weighted by Gasteiger charge is -2.35. The molecule has 1 atom stereocenters. The van der Waals surface area contributed by atoms with Crippen LogP contribution in [0.4, 0.5) is 5.69 Å². The second-order valence-electron chi connectivity index (χ2n) is 7.05. The van der Waals surface area contributed by atoms with E-state index in [-0.39, 0.29) is 21.4 Å². The van der Waals surface area contributed by atoms with Crippen LogP contribution in [-0.2, 0) is 14.6 Å². The lowest BCUT2D eigenvalue weighted by molar-refractivity contribution is -0.121. The maximum Gasteiger partial charge on any atom is 0.254 e. The van der Waals surface area contributed by atoms with E-state index < -0.39 is 21.8 Å². The third-order valence-electron chi connectivity index (χ3n) is 4.83. The van der Waals surface area contributed by atoms with Crippen LogP contribution < -0.4 is 5.32 Å². The first kappa shape index (κ1) is 22.9. The van der Waals surface area contributed by atoms with E-state index in [1.165, 1.54) is 29.2 Å². The predicted molar refractivity (Wildman–Crippen MR) is 118 cm³/mol. The molecule has 1 aliphatic heterocycles. The van der Waals surface area contributed by atoms with Crippen LogP contribution in [0.5, 0.6) is 0 Å². The van der Waals surface area contributed by atoms with Crippen LogP contribution in [0.2, 0.25) is 15.1 Å². The van der Waals surface area contributed by atoms with E-state index in [1.807, 2.05) is 0 Å². The van der Waals surface area contributed by atoms with Crippen molar-refractivity contribution in [3.8, 4) is 0 Å². The van der Waals surface area contributed by atoms with E-state index in [0.29, 0.717) is 28.7 Å². The number of piperidine rings is 1. The van der Waals surface area contributed by atoms with E-state index >= 15 is 0 Å². The monoisotopic (exact) mass is 488 g/mol. The first-order chi connectivity index (χ1) is 14.1. The van der Waals surface area contributed by atoms with Crippen LogP contribution in [0.15, 0.2) is 41.3 Å². The van der Waals surface area contributed by atoms with Gasteiger partial charge in [-0.25, -0.2) is 8.42 Å². The molecule has 30 heavy (non-hydrogen) atoms. The van der Waals surface area contributed by atoms with E-state index in [4.69, 9.17) is 34.8 Å². The number of carbonyl (C=O) groups excluding carboxylic acids is 2. The fourth-order valence-corrected chi connectivity index (χ4v) is 4.93. The number of rotatable bonds is 4. The maximum absolute atomic E-state index is 13.1. The second kappa shape index (κ2) is 9.14. The molecule has 0 spiro atoms. The van der Waals surface area contributed by atoms with Gasteiger partial charge < -0.3 is 10.2 Å². The van der Waals surface area contributed by atoms with Crippen molar-refractivity contribution in [3.63, 3.8) is 0 Å². The van der Waals surface area contributed by atoms with Crippen LogP contribution in [0.25, 0.3) is 0 Å². The van der Waals surface area contributed by atoms with Gasteiger partial charge in [0.25, 0.3) is 5.91 Å². The molecule has 1 saturated heterocycles. The standard InChI is InChI=1S/C20H19Cl3N2O4S/c1-30(28,29)18-10-12(5-7-15(18)22)20(27)25-9-3-2-4-17(25)19(26)24-13-6-8-14(21)16(23)11-13/h5-8,10-11,17H,2-4,9H2,1H3,(H,24,26). The minimum absolute atomic E-state index is 0.0432. The van der Waals surface area contributed by atoms with Crippen LogP contribution in [0, 0.1) is 0 Å². The van der Waals surface area contributed by atoms with Gasteiger partial charge in [-0.2, -0.15) is 0 Å². The average Bonchev–Trinajstić information content (AvgIpc) is 2.69. The van der Waals surface area contributed by atoms with Gasteiger partial charge in [-0.15, -0.1) is 0 Å². The molecule has 3 rings (SSSR count). The SMILES string of the molecule is CS(=O)(=O)c1cc(C(=O)N2CCCCC2C(=O)Nc2ccc(Cl)c(Cl)c2)ccc1Cl. The molecule has 0 saturated carbocycles. The normalized spacial score (nSPS) is 16.9. The number of likely N-dealkylation sites (tertiary alicyclic amines) is 1. The third-order valence-corrected chi connectivity index (χ3v) is 7.15. The number of sulfone groups is 1. The van der Waals surface area contributed by atoms with Crippen molar-refractivity contribution in [2.75, 3.05) is 18.1 Å². The van der Waals surface area contributed by atoms with Gasteiger partial charge in [0, 0.05) is 24.1 Å². The first-order valence-corrected chi connectivity index (χ1v) is 12.2. The van der Waals surface area contributed by atoms with Crippen LogP contribution in [-0.4, -0.2) is 44.0 Å². The molecule has 2 aromatic carbocycles. The van der Waals surface area contributed by atoms with Gasteiger partial charge in [0.05, 0.1) is 20.0 Å². The van der Waals surface area contributed by atoms with Gasteiger partial charge in [-0.05, 0) is 55.7 Å². The fourth-order valence-electron chi connectivity index (χ4n) is 3.33. The number of nitrogens with zero attached hydrogens (tertiary/aromatic N) is 1. The molecule has 2 aromatic rings. The molecule has 2 amide bonds. The highest BCUT2D eigenvalue weighted by Crippen LogP contribution is 2.28. The quantitative estimate of drug-likeness (QED) is 0.676. The average molecular weight is 490 g/mol. The number of halogens is 3. The Bertz CT molecular complexity index is 1110. The van der Waals surface area contributed by atoms with Crippen LogP contribution >= 0.6 is 34.8 Å². The lowest BCUT2D eigenvalue weighted by atomic mass is 10.00. The summed E-state index contributed by atoms with van der Waals surface area (Å²) in [6.45, 7) is 0.384. The summed E-state index contributed by atoms with van der Waals surface area (Å²) in [5, 5.41) is 3.49. The number of benzene rings is 2. The number of anilines is 1. The largest absolute Gasteiger partial charge is 0.327 e. The highest BCUT2D eigenvalue weighted by Gasteiger charge is 2.33. The van der Waals surface area contributed by atoms with Crippen molar-refractivity contribution in [1.82, 2.24) is 4.90 Å². The zero-order chi connectivity index (χ0) is 22.1. The van der Waals surface area contributed by atoms with Crippen molar-refractivity contribution >= 4 is 62.1 Å². The molecule has 1 heterocycles. The van der Waals surface area contributed by atoms with E-state index in [1.54, 1.807) is 12.1 Å². The van der Waals surface area contributed by atoms with E-state index in [2.05, 4.69) is 5.32 Å². The minimum Gasteiger partial charge on any atom is -0.327 e. The van der Waals surface area contributed by atoms with E-state index in [0.717, 1.165) is 19.1 Å². The number of nitrogens with one attached hydrogen (secondary N) is 1. The number of amides is 2. The van der Waals surface area contributed by atoms with Crippen LogP contribution in [0.1, 0.15) is 29.6 Å². The fraction of sp³-hybridized carbons (Fsp3) is 0.300. The Hall–Kier alpha value is -1.80. The molecule has 6 nitrogen and oxygen atoms in total. The van der Waals surface area contributed by atoms with Gasteiger partial charge in [0.2, 0.25) is 5.91 Å². The Labute approximate surface area is 190 Å². The molecular formula is C20H19Cl3N2O4S. The Morgan fingerprint density at radius 2 is 1.70 bits per heavy atom. The zero-order valence-corrected chi connectivity index (χ0v) is 19.1. The minimum atomic E-state index is -3.60. The van der Waals surface area contributed by atoms with E-state index in [9.17, 15) is 18.0 Å². The summed E-state index contributed by atoms with van der Waals surface area (Å²) < 4.78 is 23.9. The topological polar surface area (TPSA) is 83.6 Å². The summed E-state index contributed by atoms with van der Waals surface area (Å²) in [5.41, 5.74) is 0.632. The Balaban J connectivity index is 1.85. The predicted octanol–water partition coefficient (Wildman–Crippen LogP) is 4.68. The molecule has 1 aliphatic rings. The summed E-state index contributed by atoms with van der Waals surface area (Å²) in [7, 11) is -3.60. The molecule has 0 aromatic heterocycles.